The predicted molar refractivity (Wildman–Crippen MR) is 82.4 cm³/mol. The third-order valence-corrected chi connectivity index (χ3v) is 4.16. The number of hydrogen-bond acceptors (Lipinski definition) is 4. The number of carboxylic acid groups (broad SMARTS) is 1. The number of aliphatic carboxylic acids is 1. The number of nitrogens with zero attached hydrogens (tertiary/aromatic N) is 2. The molecule has 0 unspecified atom stereocenters. The van der Waals surface area contributed by atoms with Crippen molar-refractivity contribution in [1.82, 2.24) is 15.2 Å². The molecule has 2 amide bonds. The Morgan fingerprint density at radius 1 is 1.48 bits per heavy atom. The normalized spacial score (nSPS) is 11.5. The molecule has 0 saturated carbocycles. The highest BCUT2D eigenvalue weighted by molar-refractivity contribution is 7.09. The van der Waals surface area contributed by atoms with Crippen molar-refractivity contribution in [2.75, 3.05) is 6.54 Å². The summed E-state index contributed by atoms with van der Waals surface area (Å²) in [5.41, 5.74) is -0.550. The topological polar surface area (TPSA) is 82.5 Å². The molecule has 7 heteroatoms. The minimum absolute atomic E-state index is 0.00545. The van der Waals surface area contributed by atoms with Crippen molar-refractivity contribution in [1.29, 1.82) is 0 Å². The molecule has 1 aromatic heterocycles. The second-order valence-corrected chi connectivity index (χ2v) is 6.57. The van der Waals surface area contributed by atoms with Crippen LogP contribution in [0.1, 0.15) is 45.5 Å². The number of nitrogens with one attached hydrogen (secondary N) is 1. The Labute approximate surface area is 129 Å². The highest BCUT2D eigenvalue weighted by Gasteiger charge is 2.28. The van der Waals surface area contributed by atoms with Gasteiger partial charge in [0.1, 0.15) is 5.01 Å². The van der Waals surface area contributed by atoms with E-state index in [1.807, 2.05) is 33.1 Å². The minimum Gasteiger partial charge on any atom is -0.481 e. The lowest BCUT2D eigenvalue weighted by Crippen LogP contribution is -2.51. The van der Waals surface area contributed by atoms with Crippen LogP contribution in [0.25, 0.3) is 0 Å². The molecule has 21 heavy (non-hydrogen) atoms. The number of amides is 2. The van der Waals surface area contributed by atoms with Crippen LogP contribution >= 0.6 is 11.3 Å². The van der Waals surface area contributed by atoms with Crippen LogP contribution in [0.5, 0.6) is 0 Å². The van der Waals surface area contributed by atoms with Crippen molar-refractivity contribution in [3.63, 3.8) is 0 Å². The highest BCUT2D eigenvalue weighted by atomic mass is 32.1. The van der Waals surface area contributed by atoms with Gasteiger partial charge in [0.15, 0.2) is 0 Å². The van der Waals surface area contributed by atoms with Gasteiger partial charge >= 0.3 is 12.0 Å². The van der Waals surface area contributed by atoms with Crippen molar-refractivity contribution in [3.8, 4) is 0 Å². The van der Waals surface area contributed by atoms with E-state index >= 15 is 0 Å². The summed E-state index contributed by atoms with van der Waals surface area (Å²) in [6, 6.07) is -0.193. The average molecular weight is 313 g/mol. The van der Waals surface area contributed by atoms with Crippen LogP contribution < -0.4 is 5.32 Å². The molecule has 0 aliphatic heterocycles. The molecular weight excluding hydrogens is 290 g/mol. The van der Waals surface area contributed by atoms with E-state index in [0.29, 0.717) is 13.0 Å². The fraction of sp³-hybridized carbons (Fsp3) is 0.643. The van der Waals surface area contributed by atoms with Gasteiger partial charge in [0.2, 0.25) is 0 Å². The molecular formula is C14H23N3O3S. The van der Waals surface area contributed by atoms with Crippen LogP contribution in [0.4, 0.5) is 4.79 Å². The Morgan fingerprint density at radius 2 is 2.14 bits per heavy atom. The molecule has 0 bridgehead atoms. The Balaban J connectivity index is 2.66. The van der Waals surface area contributed by atoms with E-state index in [-0.39, 0.29) is 18.5 Å². The van der Waals surface area contributed by atoms with Crippen molar-refractivity contribution >= 4 is 23.3 Å². The average Bonchev–Trinajstić information content (AvgIpc) is 2.87. The summed E-state index contributed by atoms with van der Waals surface area (Å²) in [6.45, 7) is 8.05. The zero-order valence-corrected chi connectivity index (χ0v) is 13.7. The van der Waals surface area contributed by atoms with Crippen LogP contribution in [0.3, 0.4) is 0 Å². The maximum atomic E-state index is 12.4. The quantitative estimate of drug-likeness (QED) is 0.810. The van der Waals surface area contributed by atoms with E-state index in [9.17, 15) is 9.59 Å². The highest BCUT2D eigenvalue weighted by Crippen LogP contribution is 2.22. The standard InChI is InChI=1S/C14H23N3O3S/c1-10(2)17(8-5-6-11(18)19)13(20)16-14(3,4)12-15-7-9-21-12/h7,9-10H,5-6,8H2,1-4H3,(H,16,20)(H,18,19). The molecule has 1 aromatic rings. The molecule has 0 fully saturated rings. The van der Waals surface area contributed by atoms with E-state index in [1.165, 1.54) is 11.3 Å². The number of aromatic nitrogens is 1. The third kappa shape index (κ3) is 5.34. The zero-order valence-electron chi connectivity index (χ0n) is 12.9. The number of thiazole rings is 1. The second kappa shape index (κ2) is 7.40. The minimum atomic E-state index is -0.845. The Morgan fingerprint density at radius 3 is 2.62 bits per heavy atom. The van der Waals surface area contributed by atoms with E-state index in [0.717, 1.165) is 5.01 Å². The lowest BCUT2D eigenvalue weighted by molar-refractivity contribution is -0.137. The molecule has 0 saturated heterocycles. The molecule has 1 rings (SSSR count). The SMILES string of the molecule is CC(C)N(CCCC(=O)O)C(=O)NC(C)(C)c1nccs1. The van der Waals surface area contributed by atoms with Crippen molar-refractivity contribution in [2.45, 2.75) is 52.1 Å². The van der Waals surface area contributed by atoms with Gasteiger partial charge in [-0.2, -0.15) is 0 Å². The maximum absolute atomic E-state index is 12.4. The molecule has 0 atom stereocenters. The smallest absolute Gasteiger partial charge is 0.318 e. The molecule has 0 aromatic carbocycles. The summed E-state index contributed by atoms with van der Waals surface area (Å²) in [7, 11) is 0. The summed E-state index contributed by atoms with van der Waals surface area (Å²) in [4.78, 5) is 28.9. The van der Waals surface area contributed by atoms with Crippen molar-refractivity contribution in [3.05, 3.63) is 16.6 Å². The first-order valence-corrected chi connectivity index (χ1v) is 7.82. The summed E-state index contributed by atoms with van der Waals surface area (Å²) in [6.07, 6.45) is 2.21. The van der Waals surface area contributed by atoms with Crippen LogP contribution in [-0.4, -0.2) is 39.6 Å². The molecule has 0 aliphatic rings. The van der Waals surface area contributed by atoms with Gasteiger partial charge in [0.05, 0.1) is 5.54 Å². The summed E-state index contributed by atoms with van der Waals surface area (Å²) >= 11 is 1.49. The number of carbonyl (C=O) groups is 2. The van der Waals surface area contributed by atoms with Crippen LogP contribution in [0.2, 0.25) is 0 Å². The lowest BCUT2D eigenvalue weighted by atomic mass is 10.1. The Kier molecular flexibility index (Phi) is 6.14. The monoisotopic (exact) mass is 313 g/mol. The fourth-order valence-corrected chi connectivity index (χ4v) is 2.64. The fourth-order valence-electron chi connectivity index (χ4n) is 1.92. The van der Waals surface area contributed by atoms with E-state index in [2.05, 4.69) is 10.3 Å². The van der Waals surface area contributed by atoms with Gasteiger partial charge in [0, 0.05) is 30.6 Å². The van der Waals surface area contributed by atoms with E-state index < -0.39 is 11.5 Å². The van der Waals surface area contributed by atoms with Gasteiger partial charge in [-0.05, 0) is 34.1 Å². The third-order valence-electron chi connectivity index (χ3n) is 3.06. The maximum Gasteiger partial charge on any atom is 0.318 e. The second-order valence-electron chi connectivity index (χ2n) is 5.68. The molecule has 1 heterocycles. The zero-order chi connectivity index (χ0) is 16.0. The Hall–Kier alpha value is -1.63. The molecule has 2 N–H and O–H groups in total. The number of carboxylic acids is 1. The summed E-state index contributed by atoms with van der Waals surface area (Å²) in [5, 5.41) is 14.4. The van der Waals surface area contributed by atoms with Gasteiger partial charge in [0.25, 0.3) is 0 Å². The van der Waals surface area contributed by atoms with Crippen molar-refractivity contribution < 1.29 is 14.7 Å². The number of urea groups is 1. The number of carbonyl (C=O) groups excluding carboxylic acids is 1. The van der Waals surface area contributed by atoms with Crippen molar-refractivity contribution in [2.24, 2.45) is 0 Å². The first-order chi connectivity index (χ1) is 9.74. The predicted octanol–water partition coefficient (Wildman–Crippen LogP) is 2.66. The van der Waals surface area contributed by atoms with Crippen LogP contribution in [0, 0.1) is 0 Å². The number of rotatable bonds is 7. The van der Waals surface area contributed by atoms with Crippen LogP contribution in [-0.2, 0) is 10.3 Å². The van der Waals surface area contributed by atoms with Gasteiger partial charge < -0.3 is 15.3 Å². The van der Waals surface area contributed by atoms with Gasteiger partial charge in [-0.1, -0.05) is 0 Å². The van der Waals surface area contributed by atoms with E-state index in [4.69, 9.17) is 5.11 Å². The van der Waals surface area contributed by atoms with Crippen LogP contribution in [0.15, 0.2) is 11.6 Å². The molecule has 0 aliphatic carbocycles. The van der Waals surface area contributed by atoms with Gasteiger partial charge in [-0.25, -0.2) is 9.78 Å². The molecule has 118 valence electrons. The summed E-state index contributed by atoms with van der Waals surface area (Å²) < 4.78 is 0. The largest absolute Gasteiger partial charge is 0.481 e. The number of hydrogen-bond donors (Lipinski definition) is 2. The Bertz CT molecular complexity index is 472. The van der Waals surface area contributed by atoms with Gasteiger partial charge in [-0.15, -0.1) is 11.3 Å². The van der Waals surface area contributed by atoms with E-state index in [1.54, 1.807) is 11.1 Å². The molecule has 0 spiro atoms. The molecule has 6 nitrogen and oxygen atoms in total. The lowest BCUT2D eigenvalue weighted by Gasteiger charge is -2.32. The molecule has 0 radical (unpaired) electrons. The first kappa shape index (κ1) is 17.4. The van der Waals surface area contributed by atoms with Gasteiger partial charge in [-0.3, -0.25) is 4.79 Å². The summed E-state index contributed by atoms with van der Waals surface area (Å²) in [5.74, 6) is -0.845. The first-order valence-electron chi connectivity index (χ1n) is 6.94.